The number of hydrogen-bond acceptors (Lipinski definition) is 2. The molecule has 1 aromatic carbocycles. The first-order valence-electron chi connectivity index (χ1n) is 4.94. The molecular formula is C13H11BrO2. The molecule has 16 heavy (non-hydrogen) atoms. The van der Waals surface area contributed by atoms with Crippen LogP contribution in [0, 0.1) is 13.8 Å². The predicted molar refractivity (Wildman–Crippen MR) is 65.8 cm³/mol. The van der Waals surface area contributed by atoms with Crippen molar-refractivity contribution < 1.29 is 9.21 Å². The van der Waals surface area contributed by atoms with Gasteiger partial charge in [-0.2, -0.15) is 0 Å². The number of benzene rings is 1. The Morgan fingerprint density at radius 3 is 2.31 bits per heavy atom. The molecule has 1 heterocycles. The van der Waals surface area contributed by atoms with Gasteiger partial charge in [-0.3, -0.25) is 4.79 Å². The molecule has 1 aromatic heterocycles. The number of carbonyl (C=O) groups is 1. The lowest BCUT2D eigenvalue weighted by atomic mass is 10.0. The Morgan fingerprint density at radius 1 is 1.19 bits per heavy atom. The minimum atomic E-state index is -0.0209. The van der Waals surface area contributed by atoms with Crippen LogP contribution in [-0.4, -0.2) is 5.78 Å². The number of hydrogen-bond donors (Lipinski definition) is 0. The van der Waals surface area contributed by atoms with Crippen molar-refractivity contribution in [3.8, 4) is 0 Å². The molecule has 0 saturated carbocycles. The number of aryl methyl sites for hydroxylation is 2. The molecule has 0 aliphatic rings. The van der Waals surface area contributed by atoms with Gasteiger partial charge in [0.25, 0.3) is 0 Å². The summed E-state index contributed by atoms with van der Waals surface area (Å²) in [5.41, 5.74) is 3.43. The summed E-state index contributed by atoms with van der Waals surface area (Å²) < 4.78 is 5.55. The van der Waals surface area contributed by atoms with Crippen LogP contribution in [0.3, 0.4) is 0 Å². The van der Waals surface area contributed by atoms with Gasteiger partial charge in [-0.05, 0) is 48.0 Å². The highest BCUT2D eigenvalue weighted by Crippen LogP contribution is 2.22. The second-order valence-corrected chi connectivity index (χ2v) is 4.53. The van der Waals surface area contributed by atoms with Gasteiger partial charge in [0.1, 0.15) is 0 Å². The number of furan rings is 1. The maximum absolute atomic E-state index is 12.1. The van der Waals surface area contributed by atoms with Crippen LogP contribution in [0.5, 0.6) is 0 Å². The van der Waals surface area contributed by atoms with Crippen LogP contribution in [0.25, 0.3) is 0 Å². The van der Waals surface area contributed by atoms with Gasteiger partial charge in [0, 0.05) is 5.56 Å². The fourth-order valence-electron chi connectivity index (χ4n) is 1.72. The van der Waals surface area contributed by atoms with E-state index in [4.69, 9.17) is 4.42 Å². The minimum Gasteiger partial charge on any atom is -0.457 e. The predicted octanol–water partition coefficient (Wildman–Crippen LogP) is 3.89. The highest BCUT2D eigenvalue weighted by atomic mass is 79.9. The summed E-state index contributed by atoms with van der Waals surface area (Å²) in [5, 5.41) is 0. The van der Waals surface area contributed by atoms with E-state index < -0.39 is 0 Å². The third-order valence-corrected chi connectivity index (χ3v) is 2.96. The molecule has 0 radical (unpaired) electrons. The fourth-order valence-corrected chi connectivity index (χ4v) is 2.14. The van der Waals surface area contributed by atoms with Crippen LogP contribution < -0.4 is 0 Å². The van der Waals surface area contributed by atoms with Crippen LogP contribution in [0.15, 0.2) is 39.6 Å². The van der Waals surface area contributed by atoms with E-state index in [2.05, 4.69) is 15.9 Å². The van der Waals surface area contributed by atoms with Gasteiger partial charge in [-0.15, -0.1) is 0 Å². The van der Waals surface area contributed by atoms with E-state index in [0.717, 1.165) is 11.1 Å². The number of ketones is 1. The molecule has 0 bridgehead atoms. The summed E-state index contributed by atoms with van der Waals surface area (Å²) in [4.78, 5) is 12.1. The zero-order valence-corrected chi connectivity index (χ0v) is 10.7. The first-order valence-corrected chi connectivity index (χ1v) is 5.73. The quantitative estimate of drug-likeness (QED) is 0.781. The van der Waals surface area contributed by atoms with Crippen molar-refractivity contribution in [1.82, 2.24) is 0 Å². The summed E-state index contributed by atoms with van der Waals surface area (Å²) in [7, 11) is 0. The summed E-state index contributed by atoms with van der Waals surface area (Å²) in [5.74, 6) is -0.0209. The number of carbonyl (C=O) groups excluding carboxylic acids is 1. The van der Waals surface area contributed by atoms with E-state index in [1.165, 1.54) is 6.26 Å². The molecule has 0 N–H and O–H groups in total. The van der Waals surface area contributed by atoms with Crippen molar-refractivity contribution >= 4 is 21.7 Å². The lowest BCUT2D eigenvalue weighted by Gasteiger charge is -2.03. The molecule has 0 fully saturated rings. The standard InChI is InChI=1S/C13H11BrO2/c1-8-5-9(2)7-10(6-8)12(15)11-3-4-16-13(11)14/h3-7H,1-2H3. The lowest BCUT2D eigenvalue weighted by molar-refractivity contribution is 0.103. The topological polar surface area (TPSA) is 30.2 Å². The number of rotatable bonds is 2. The average molecular weight is 279 g/mol. The fraction of sp³-hybridized carbons (Fsp3) is 0.154. The van der Waals surface area contributed by atoms with Crippen LogP contribution in [0.1, 0.15) is 27.0 Å². The van der Waals surface area contributed by atoms with Crippen molar-refractivity contribution in [2.45, 2.75) is 13.8 Å². The van der Waals surface area contributed by atoms with Crippen LogP contribution in [0.4, 0.5) is 0 Å². The van der Waals surface area contributed by atoms with E-state index in [0.29, 0.717) is 15.8 Å². The van der Waals surface area contributed by atoms with Gasteiger partial charge in [-0.1, -0.05) is 17.2 Å². The molecule has 0 unspecified atom stereocenters. The molecule has 3 heteroatoms. The molecule has 2 aromatic rings. The Bertz CT molecular complexity index is 520. The zero-order chi connectivity index (χ0) is 11.7. The molecular weight excluding hydrogens is 268 g/mol. The molecule has 0 atom stereocenters. The SMILES string of the molecule is Cc1cc(C)cc(C(=O)c2ccoc2Br)c1. The summed E-state index contributed by atoms with van der Waals surface area (Å²) in [6.07, 6.45) is 1.50. The lowest BCUT2D eigenvalue weighted by Crippen LogP contribution is -2.01. The van der Waals surface area contributed by atoms with Crippen LogP contribution in [-0.2, 0) is 0 Å². The third-order valence-electron chi connectivity index (χ3n) is 2.35. The Balaban J connectivity index is 2.45. The van der Waals surface area contributed by atoms with Crippen molar-refractivity contribution in [2.75, 3.05) is 0 Å². The molecule has 0 amide bonds. The van der Waals surface area contributed by atoms with Gasteiger partial charge < -0.3 is 4.42 Å². The average Bonchev–Trinajstić information content (AvgIpc) is 2.62. The molecule has 0 aliphatic carbocycles. The monoisotopic (exact) mass is 278 g/mol. The Hall–Kier alpha value is -1.35. The molecule has 0 spiro atoms. The van der Waals surface area contributed by atoms with E-state index in [1.807, 2.05) is 32.0 Å². The van der Waals surface area contributed by atoms with Crippen molar-refractivity contribution in [3.05, 3.63) is 57.5 Å². The Morgan fingerprint density at radius 2 is 1.81 bits per heavy atom. The summed E-state index contributed by atoms with van der Waals surface area (Å²) >= 11 is 3.21. The first-order chi connectivity index (χ1) is 7.58. The smallest absolute Gasteiger partial charge is 0.197 e. The maximum atomic E-state index is 12.1. The first kappa shape index (κ1) is 11.1. The number of halogens is 1. The van der Waals surface area contributed by atoms with E-state index in [1.54, 1.807) is 6.07 Å². The van der Waals surface area contributed by atoms with Gasteiger partial charge in [-0.25, -0.2) is 0 Å². The third kappa shape index (κ3) is 2.09. The molecule has 82 valence electrons. The van der Waals surface area contributed by atoms with Crippen molar-refractivity contribution in [1.29, 1.82) is 0 Å². The molecule has 0 aliphatic heterocycles. The van der Waals surface area contributed by atoms with Crippen molar-refractivity contribution in [3.63, 3.8) is 0 Å². The second-order valence-electron chi connectivity index (χ2n) is 3.81. The highest BCUT2D eigenvalue weighted by Gasteiger charge is 2.15. The Kier molecular flexibility index (Phi) is 2.97. The second kappa shape index (κ2) is 4.26. The van der Waals surface area contributed by atoms with Gasteiger partial charge in [0.15, 0.2) is 10.5 Å². The van der Waals surface area contributed by atoms with Gasteiger partial charge in [0.05, 0.1) is 11.8 Å². The van der Waals surface area contributed by atoms with E-state index in [9.17, 15) is 4.79 Å². The molecule has 2 nitrogen and oxygen atoms in total. The summed E-state index contributed by atoms with van der Waals surface area (Å²) in [6.45, 7) is 3.96. The maximum Gasteiger partial charge on any atom is 0.197 e. The van der Waals surface area contributed by atoms with Crippen LogP contribution in [0.2, 0.25) is 0 Å². The van der Waals surface area contributed by atoms with Gasteiger partial charge >= 0.3 is 0 Å². The molecule has 2 rings (SSSR count). The minimum absolute atomic E-state index is 0.0209. The highest BCUT2D eigenvalue weighted by molar-refractivity contribution is 9.10. The summed E-state index contributed by atoms with van der Waals surface area (Å²) in [6, 6.07) is 7.48. The van der Waals surface area contributed by atoms with Gasteiger partial charge in [0.2, 0.25) is 0 Å². The zero-order valence-electron chi connectivity index (χ0n) is 9.08. The van der Waals surface area contributed by atoms with Crippen molar-refractivity contribution in [2.24, 2.45) is 0 Å². The Labute approximate surface area is 102 Å². The van der Waals surface area contributed by atoms with E-state index >= 15 is 0 Å². The van der Waals surface area contributed by atoms with E-state index in [-0.39, 0.29) is 5.78 Å². The largest absolute Gasteiger partial charge is 0.457 e. The normalized spacial score (nSPS) is 10.4. The van der Waals surface area contributed by atoms with Crippen LogP contribution >= 0.6 is 15.9 Å². The molecule has 0 saturated heterocycles.